The maximum Gasteiger partial charge on any atom is 0.272 e. The Hall–Kier alpha value is -2.51. The quantitative estimate of drug-likeness (QED) is 0.698. The number of benzene rings is 1. The van der Waals surface area contributed by atoms with Gasteiger partial charge in [0.15, 0.2) is 0 Å². The molecule has 0 aliphatic heterocycles. The number of amides is 1. The second kappa shape index (κ2) is 5.71. The summed E-state index contributed by atoms with van der Waals surface area (Å²) in [6.45, 7) is -0.161. The summed E-state index contributed by atoms with van der Waals surface area (Å²) in [4.78, 5) is 14.6. The van der Waals surface area contributed by atoms with Crippen LogP contribution >= 0.6 is 0 Å². The van der Waals surface area contributed by atoms with Crippen molar-refractivity contribution < 1.29 is 9.90 Å². The van der Waals surface area contributed by atoms with Crippen LogP contribution in [0.15, 0.2) is 42.6 Å². The second-order valence-electron chi connectivity index (χ2n) is 3.58. The number of nitrogens with one attached hydrogen (secondary N) is 2. The van der Waals surface area contributed by atoms with Crippen molar-refractivity contribution in [1.29, 1.82) is 0 Å². The molecule has 0 atom stereocenters. The van der Waals surface area contributed by atoms with Gasteiger partial charge in [-0.05, 0) is 36.4 Å². The summed E-state index contributed by atoms with van der Waals surface area (Å²) in [5.74, 6) is 5.16. The first-order valence-corrected chi connectivity index (χ1v) is 5.44. The summed E-state index contributed by atoms with van der Waals surface area (Å²) in [5, 5.41) is 11.3. The Morgan fingerprint density at radius 3 is 2.67 bits per heavy atom. The van der Waals surface area contributed by atoms with Gasteiger partial charge >= 0.3 is 0 Å². The molecule has 1 heterocycles. The minimum absolute atomic E-state index is 0.161. The van der Waals surface area contributed by atoms with Crippen LogP contribution < -0.4 is 5.32 Å². The Morgan fingerprint density at radius 2 is 2.06 bits per heavy atom. The third kappa shape index (κ3) is 3.00. The fourth-order valence-corrected chi connectivity index (χ4v) is 1.45. The highest BCUT2D eigenvalue weighted by Gasteiger charge is 2.05. The van der Waals surface area contributed by atoms with Crippen molar-refractivity contribution in [2.45, 2.75) is 0 Å². The van der Waals surface area contributed by atoms with Gasteiger partial charge in [-0.1, -0.05) is 11.8 Å². The number of H-pyrrole nitrogens is 1. The summed E-state index contributed by atoms with van der Waals surface area (Å²) in [7, 11) is 0. The van der Waals surface area contributed by atoms with Crippen LogP contribution in [0.1, 0.15) is 16.1 Å². The van der Waals surface area contributed by atoms with Crippen molar-refractivity contribution in [2.75, 3.05) is 11.9 Å². The Bertz CT molecular complexity index is 575. The van der Waals surface area contributed by atoms with E-state index in [0.29, 0.717) is 11.4 Å². The maximum absolute atomic E-state index is 11.7. The first-order valence-electron chi connectivity index (χ1n) is 5.44. The van der Waals surface area contributed by atoms with E-state index in [1.165, 1.54) is 0 Å². The Kier molecular flexibility index (Phi) is 3.79. The molecule has 0 fully saturated rings. The molecule has 18 heavy (non-hydrogen) atoms. The molecular weight excluding hydrogens is 228 g/mol. The maximum atomic E-state index is 11.7. The van der Waals surface area contributed by atoms with E-state index in [2.05, 4.69) is 22.1 Å². The van der Waals surface area contributed by atoms with Gasteiger partial charge in [-0.3, -0.25) is 4.79 Å². The molecular formula is C14H12N2O2. The van der Waals surface area contributed by atoms with Gasteiger partial charge < -0.3 is 15.4 Å². The minimum Gasteiger partial charge on any atom is -0.384 e. The number of anilines is 1. The minimum atomic E-state index is -0.186. The Morgan fingerprint density at radius 1 is 1.28 bits per heavy atom. The monoisotopic (exact) mass is 240 g/mol. The molecule has 3 N–H and O–H groups in total. The topological polar surface area (TPSA) is 65.1 Å². The van der Waals surface area contributed by atoms with Crippen LogP contribution in [0.4, 0.5) is 5.69 Å². The number of hydrogen-bond acceptors (Lipinski definition) is 2. The SMILES string of the molecule is O=C(Nc1ccc(C#CCO)cc1)c1ccc[nH]1. The molecule has 2 aromatic rings. The van der Waals surface area contributed by atoms with Crippen molar-refractivity contribution in [1.82, 2.24) is 4.98 Å². The van der Waals surface area contributed by atoms with Crippen molar-refractivity contribution in [3.05, 3.63) is 53.9 Å². The molecule has 0 aliphatic rings. The molecule has 0 saturated carbocycles. The van der Waals surface area contributed by atoms with E-state index >= 15 is 0 Å². The lowest BCUT2D eigenvalue weighted by molar-refractivity contribution is 0.102. The van der Waals surface area contributed by atoms with Crippen LogP contribution in [0.25, 0.3) is 0 Å². The molecule has 2 rings (SSSR count). The van der Waals surface area contributed by atoms with Gasteiger partial charge in [0.05, 0.1) is 0 Å². The first kappa shape index (κ1) is 12.0. The molecule has 1 aromatic heterocycles. The van der Waals surface area contributed by atoms with E-state index in [1.54, 1.807) is 42.6 Å². The van der Waals surface area contributed by atoms with Crippen molar-refractivity contribution in [3.8, 4) is 11.8 Å². The molecule has 1 aromatic carbocycles. The zero-order valence-electron chi connectivity index (χ0n) is 9.60. The number of hydrogen-bond donors (Lipinski definition) is 3. The summed E-state index contributed by atoms with van der Waals surface area (Å²) < 4.78 is 0. The summed E-state index contributed by atoms with van der Waals surface area (Å²) in [6, 6.07) is 10.6. The van der Waals surface area contributed by atoms with E-state index in [1.807, 2.05) is 0 Å². The van der Waals surface area contributed by atoms with Gasteiger partial charge in [-0.25, -0.2) is 0 Å². The third-order valence-electron chi connectivity index (χ3n) is 2.30. The van der Waals surface area contributed by atoms with Crippen LogP contribution in [0.3, 0.4) is 0 Å². The molecule has 0 unspecified atom stereocenters. The Balaban J connectivity index is 2.04. The molecule has 1 amide bonds. The standard InChI is InChI=1S/C14H12N2O2/c17-10-2-3-11-5-7-12(8-6-11)16-14(18)13-4-1-9-15-13/h1,4-9,15,17H,10H2,(H,16,18). The van der Waals surface area contributed by atoms with Crippen molar-refractivity contribution in [3.63, 3.8) is 0 Å². The normalized spacial score (nSPS) is 9.39. The number of aromatic nitrogens is 1. The van der Waals surface area contributed by atoms with Gasteiger partial charge in [-0.2, -0.15) is 0 Å². The van der Waals surface area contributed by atoms with Crippen LogP contribution in [0.2, 0.25) is 0 Å². The van der Waals surface area contributed by atoms with E-state index in [0.717, 1.165) is 5.56 Å². The van der Waals surface area contributed by atoms with Crippen LogP contribution in [-0.4, -0.2) is 22.6 Å². The van der Waals surface area contributed by atoms with Crippen molar-refractivity contribution >= 4 is 11.6 Å². The highest BCUT2D eigenvalue weighted by Crippen LogP contribution is 2.10. The lowest BCUT2D eigenvalue weighted by Crippen LogP contribution is -2.11. The number of carbonyl (C=O) groups is 1. The summed E-state index contributed by atoms with van der Waals surface area (Å²) in [6.07, 6.45) is 1.70. The number of rotatable bonds is 2. The van der Waals surface area contributed by atoms with E-state index in [9.17, 15) is 4.79 Å². The predicted octanol–water partition coefficient (Wildman–Crippen LogP) is 1.61. The first-order chi connectivity index (χ1) is 8.79. The lowest BCUT2D eigenvalue weighted by atomic mass is 10.2. The molecule has 4 heteroatoms. The van der Waals surface area contributed by atoms with E-state index in [-0.39, 0.29) is 12.5 Å². The van der Waals surface area contributed by atoms with Gasteiger partial charge in [0.1, 0.15) is 12.3 Å². The van der Waals surface area contributed by atoms with Gasteiger partial charge in [0.25, 0.3) is 5.91 Å². The summed E-state index contributed by atoms with van der Waals surface area (Å²) >= 11 is 0. The lowest BCUT2D eigenvalue weighted by Gasteiger charge is -2.03. The van der Waals surface area contributed by atoms with E-state index in [4.69, 9.17) is 5.11 Å². The number of carbonyl (C=O) groups excluding carboxylic acids is 1. The molecule has 0 spiro atoms. The largest absolute Gasteiger partial charge is 0.384 e. The molecule has 0 radical (unpaired) electrons. The number of aliphatic hydroxyl groups excluding tert-OH is 1. The Labute approximate surface area is 105 Å². The third-order valence-corrected chi connectivity index (χ3v) is 2.30. The van der Waals surface area contributed by atoms with Gasteiger partial charge in [-0.15, -0.1) is 0 Å². The fraction of sp³-hybridized carbons (Fsp3) is 0.0714. The zero-order valence-corrected chi connectivity index (χ0v) is 9.60. The predicted molar refractivity (Wildman–Crippen MR) is 69.2 cm³/mol. The van der Waals surface area contributed by atoms with E-state index < -0.39 is 0 Å². The molecule has 0 bridgehead atoms. The molecule has 90 valence electrons. The zero-order chi connectivity index (χ0) is 12.8. The van der Waals surface area contributed by atoms with Gasteiger partial charge in [0.2, 0.25) is 0 Å². The second-order valence-corrected chi connectivity index (χ2v) is 3.58. The summed E-state index contributed by atoms with van der Waals surface area (Å²) in [5.41, 5.74) is 2.00. The number of aromatic amines is 1. The van der Waals surface area contributed by atoms with Crippen molar-refractivity contribution in [2.24, 2.45) is 0 Å². The van der Waals surface area contributed by atoms with Gasteiger partial charge in [0, 0.05) is 17.4 Å². The highest BCUT2D eigenvalue weighted by atomic mass is 16.2. The fourth-order valence-electron chi connectivity index (χ4n) is 1.45. The highest BCUT2D eigenvalue weighted by molar-refractivity contribution is 6.02. The molecule has 0 saturated heterocycles. The molecule has 0 aliphatic carbocycles. The average molecular weight is 240 g/mol. The average Bonchev–Trinajstić information content (AvgIpc) is 2.92. The number of aliphatic hydroxyl groups is 1. The van der Waals surface area contributed by atoms with Crippen LogP contribution in [0.5, 0.6) is 0 Å². The van der Waals surface area contributed by atoms with Crippen LogP contribution in [-0.2, 0) is 0 Å². The van der Waals surface area contributed by atoms with Crippen LogP contribution in [0, 0.1) is 11.8 Å². The molecule has 4 nitrogen and oxygen atoms in total. The smallest absolute Gasteiger partial charge is 0.272 e.